The van der Waals surface area contributed by atoms with E-state index in [4.69, 9.17) is 24.8 Å². The second-order valence-electron chi connectivity index (χ2n) is 13.4. The number of unbranched alkanes of at least 4 members (excludes halogenated alkanes) is 8. The largest absolute Gasteiger partial charge is 0.480 e. The van der Waals surface area contributed by atoms with Crippen molar-refractivity contribution in [2.75, 3.05) is 19.8 Å². The third-order valence-electron chi connectivity index (χ3n) is 8.10. The Morgan fingerprint density at radius 1 is 0.614 bits per heavy atom. The van der Waals surface area contributed by atoms with E-state index in [0.717, 1.165) is 83.5 Å². The molecule has 322 valence electrons. The SMILES string of the molecule is CC/C=C\C/C=C\C/C=C\C/C=C\C/C=C\CCCC(=O)O[C@H](COC(=O)CCCCCCC/C=C\C=C\C(=O)CCCCC)COP(=O)(O)OC[C@H](N)C(=O)O. The number of esters is 2. The molecule has 0 fully saturated rings. The van der Waals surface area contributed by atoms with E-state index in [1.807, 2.05) is 24.3 Å². The van der Waals surface area contributed by atoms with Crippen LogP contribution >= 0.6 is 7.82 Å². The lowest BCUT2D eigenvalue weighted by Crippen LogP contribution is -2.34. The smallest absolute Gasteiger partial charge is 0.472 e. The molecule has 0 saturated carbocycles. The summed E-state index contributed by atoms with van der Waals surface area (Å²) in [7, 11) is -4.75. The summed E-state index contributed by atoms with van der Waals surface area (Å²) in [6.07, 6.45) is 42.1. The van der Waals surface area contributed by atoms with Gasteiger partial charge in [-0.15, -0.1) is 0 Å². The monoisotopic (exact) mass is 819 g/mol. The fraction of sp³-hybridized carbons (Fsp3) is 0.591. The molecule has 57 heavy (non-hydrogen) atoms. The van der Waals surface area contributed by atoms with Gasteiger partial charge in [-0.05, 0) is 76.7 Å². The Morgan fingerprint density at radius 3 is 1.79 bits per heavy atom. The highest BCUT2D eigenvalue weighted by Crippen LogP contribution is 2.43. The highest BCUT2D eigenvalue weighted by Gasteiger charge is 2.28. The van der Waals surface area contributed by atoms with Crippen LogP contribution in [-0.2, 0) is 42.3 Å². The van der Waals surface area contributed by atoms with Gasteiger partial charge in [-0.3, -0.25) is 28.2 Å². The molecular weight excluding hydrogens is 749 g/mol. The van der Waals surface area contributed by atoms with Gasteiger partial charge in [0, 0.05) is 19.3 Å². The van der Waals surface area contributed by atoms with Crippen LogP contribution < -0.4 is 5.73 Å². The van der Waals surface area contributed by atoms with E-state index in [0.29, 0.717) is 25.7 Å². The molecule has 0 aromatic rings. The first kappa shape index (κ1) is 53.3. The molecule has 12 nitrogen and oxygen atoms in total. The Morgan fingerprint density at radius 2 is 1.16 bits per heavy atom. The van der Waals surface area contributed by atoms with E-state index >= 15 is 0 Å². The van der Waals surface area contributed by atoms with Gasteiger partial charge in [-0.2, -0.15) is 0 Å². The van der Waals surface area contributed by atoms with Gasteiger partial charge in [0.05, 0.1) is 13.2 Å². The summed E-state index contributed by atoms with van der Waals surface area (Å²) in [5, 5.41) is 8.87. The zero-order valence-electron chi connectivity index (χ0n) is 34.4. The van der Waals surface area contributed by atoms with Crippen LogP contribution in [-0.4, -0.2) is 65.7 Å². The number of aliphatic carboxylic acids is 1. The Balaban J connectivity index is 4.58. The van der Waals surface area contributed by atoms with Gasteiger partial charge < -0.3 is 25.2 Å². The molecule has 0 rings (SSSR count). The first-order valence-electron chi connectivity index (χ1n) is 20.6. The number of phosphoric ester groups is 1. The van der Waals surface area contributed by atoms with Crippen molar-refractivity contribution in [3.63, 3.8) is 0 Å². The molecule has 0 radical (unpaired) electrons. The summed E-state index contributed by atoms with van der Waals surface area (Å²) in [5.41, 5.74) is 5.31. The predicted octanol–water partition coefficient (Wildman–Crippen LogP) is 9.90. The Labute approximate surface area is 341 Å². The summed E-state index contributed by atoms with van der Waals surface area (Å²) < 4.78 is 32.5. The van der Waals surface area contributed by atoms with Gasteiger partial charge in [0.25, 0.3) is 0 Å². The maximum absolute atomic E-state index is 12.6. The minimum atomic E-state index is -4.75. The van der Waals surface area contributed by atoms with Crippen molar-refractivity contribution in [1.29, 1.82) is 0 Å². The molecule has 0 bridgehead atoms. The summed E-state index contributed by atoms with van der Waals surface area (Å²) in [6.45, 7) is 2.41. The minimum absolute atomic E-state index is 0.0603. The lowest BCUT2D eigenvalue weighted by molar-refractivity contribution is -0.161. The number of carbonyl (C=O) groups excluding carboxylic acids is 3. The normalized spacial score (nSPS) is 14.5. The number of hydrogen-bond donors (Lipinski definition) is 3. The Bertz CT molecular complexity index is 1350. The van der Waals surface area contributed by atoms with E-state index in [-0.39, 0.29) is 18.6 Å². The van der Waals surface area contributed by atoms with Crippen LogP contribution in [0.4, 0.5) is 0 Å². The van der Waals surface area contributed by atoms with E-state index in [9.17, 15) is 28.6 Å². The number of ketones is 1. The molecule has 0 aromatic carbocycles. The van der Waals surface area contributed by atoms with Crippen LogP contribution in [0.3, 0.4) is 0 Å². The summed E-state index contributed by atoms with van der Waals surface area (Å²) in [4.78, 5) is 57.6. The molecular formula is C44H70NO11P. The van der Waals surface area contributed by atoms with Gasteiger partial charge in [0.2, 0.25) is 0 Å². The molecule has 0 aliphatic heterocycles. The molecule has 13 heteroatoms. The highest BCUT2D eigenvalue weighted by molar-refractivity contribution is 7.47. The zero-order chi connectivity index (χ0) is 42.2. The molecule has 0 heterocycles. The molecule has 0 saturated heterocycles. The minimum Gasteiger partial charge on any atom is -0.480 e. The maximum atomic E-state index is 12.6. The molecule has 0 amide bonds. The average Bonchev–Trinajstić information content (AvgIpc) is 3.18. The fourth-order valence-corrected chi connectivity index (χ4v) is 5.62. The van der Waals surface area contributed by atoms with Crippen LogP contribution in [0.15, 0.2) is 85.1 Å². The molecule has 0 aromatic heterocycles. The number of phosphoric acid groups is 1. The van der Waals surface area contributed by atoms with Crippen LogP contribution in [0.25, 0.3) is 0 Å². The van der Waals surface area contributed by atoms with Gasteiger partial charge >= 0.3 is 25.7 Å². The summed E-state index contributed by atoms with van der Waals surface area (Å²) in [6, 6.07) is -1.55. The van der Waals surface area contributed by atoms with Crippen molar-refractivity contribution in [3.05, 3.63) is 85.1 Å². The van der Waals surface area contributed by atoms with Crippen molar-refractivity contribution in [3.8, 4) is 0 Å². The van der Waals surface area contributed by atoms with E-state index in [2.05, 4.69) is 67.0 Å². The lowest BCUT2D eigenvalue weighted by Gasteiger charge is -2.20. The van der Waals surface area contributed by atoms with Crippen molar-refractivity contribution in [1.82, 2.24) is 0 Å². The van der Waals surface area contributed by atoms with Gasteiger partial charge in [0.15, 0.2) is 11.9 Å². The van der Waals surface area contributed by atoms with Crippen LogP contribution in [0.2, 0.25) is 0 Å². The zero-order valence-corrected chi connectivity index (χ0v) is 35.3. The topological polar surface area (TPSA) is 189 Å². The van der Waals surface area contributed by atoms with E-state index in [1.54, 1.807) is 12.2 Å². The average molecular weight is 820 g/mol. The highest BCUT2D eigenvalue weighted by atomic mass is 31.2. The second-order valence-corrected chi connectivity index (χ2v) is 14.9. The van der Waals surface area contributed by atoms with Crippen molar-refractivity contribution >= 4 is 31.5 Å². The van der Waals surface area contributed by atoms with Crippen LogP contribution in [0, 0.1) is 0 Å². The summed E-state index contributed by atoms with van der Waals surface area (Å²) >= 11 is 0. The Kier molecular flexibility index (Phi) is 35.4. The first-order valence-corrected chi connectivity index (χ1v) is 22.1. The number of carbonyl (C=O) groups is 4. The quantitative estimate of drug-likeness (QED) is 0.0135. The standard InChI is InChI=1S/C44H70NO11P/c1-3-5-7-8-9-10-11-12-13-14-15-16-17-20-24-27-31-35-43(48)56-40(37-54-57(51,52)55-38-41(45)44(49)50)36-53-42(47)34-30-26-23-21-18-19-22-25-29-33-39(46)32-28-6-4-2/h5,7,9-10,12-13,15-16,20,22,24-25,29,33,40-41H,3-4,6,8,11,14,17-19,21,23,26-28,30-32,34-38,45H2,1-2H3,(H,49,50)(H,51,52)/b7-5-,10-9-,13-12-,16-15-,24-20-,25-22-,33-29+/t40-,41+/m1/s1. The van der Waals surface area contributed by atoms with Gasteiger partial charge in [0.1, 0.15) is 12.6 Å². The van der Waals surface area contributed by atoms with Gasteiger partial charge in [-0.25, -0.2) is 4.57 Å². The second kappa shape index (κ2) is 37.9. The number of nitrogens with two attached hydrogens (primary N) is 1. The molecule has 0 aliphatic rings. The summed E-state index contributed by atoms with van der Waals surface area (Å²) in [5.74, 6) is -2.39. The van der Waals surface area contributed by atoms with Crippen LogP contribution in [0.5, 0.6) is 0 Å². The van der Waals surface area contributed by atoms with Crippen molar-refractivity contribution < 1.29 is 52.3 Å². The third-order valence-corrected chi connectivity index (χ3v) is 9.05. The molecule has 1 unspecified atom stereocenters. The number of allylic oxidation sites excluding steroid dienone is 14. The number of hydrogen-bond acceptors (Lipinski definition) is 10. The fourth-order valence-electron chi connectivity index (χ4n) is 4.84. The number of carboxylic acid groups (broad SMARTS) is 1. The van der Waals surface area contributed by atoms with Crippen molar-refractivity contribution in [2.45, 2.75) is 148 Å². The molecule has 4 N–H and O–H groups in total. The number of carboxylic acids is 1. The van der Waals surface area contributed by atoms with Crippen LogP contribution in [0.1, 0.15) is 136 Å². The number of ether oxygens (including phenoxy) is 2. The molecule has 3 atom stereocenters. The van der Waals surface area contributed by atoms with E-state index < -0.39 is 57.7 Å². The maximum Gasteiger partial charge on any atom is 0.472 e. The first-order chi connectivity index (χ1) is 27.5. The number of rotatable bonds is 37. The predicted molar refractivity (Wildman–Crippen MR) is 226 cm³/mol. The van der Waals surface area contributed by atoms with E-state index in [1.165, 1.54) is 0 Å². The Hall–Kier alpha value is -3.67. The molecule has 0 aliphatic carbocycles. The van der Waals surface area contributed by atoms with Crippen molar-refractivity contribution in [2.24, 2.45) is 5.73 Å². The molecule has 0 spiro atoms. The van der Waals surface area contributed by atoms with Gasteiger partial charge in [-0.1, -0.05) is 125 Å². The third kappa shape index (κ3) is 37.7. The lowest BCUT2D eigenvalue weighted by atomic mass is 10.1.